The van der Waals surface area contributed by atoms with E-state index < -0.39 is 17.5 Å². The Hall–Kier alpha value is -1.07. The highest BCUT2D eigenvalue weighted by atomic mass is 19.2. The Balaban J connectivity index is 2.42. The lowest BCUT2D eigenvalue weighted by Gasteiger charge is -2.25. The van der Waals surface area contributed by atoms with Gasteiger partial charge in [0.1, 0.15) is 5.82 Å². The zero-order valence-electron chi connectivity index (χ0n) is 9.59. The van der Waals surface area contributed by atoms with Crippen molar-refractivity contribution in [3.8, 4) is 0 Å². The summed E-state index contributed by atoms with van der Waals surface area (Å²) in [4.78, 5) is 1.92. The van der Waals surface area contributed by atoms with Gasteiger partial charge in [0.2, 0.25) is 0 Å². The molecule has 94 valence electrons. The van der Waals surface area contributed by atoms with Gasteiger partial charge in [0, 0.05) is 17.7 Å². The van der Waals surface area contributed by atoms with Crippen molar-refractivity contribution in [2.45, 2.75) is 12.5 Å². The second-order valence-corrected chi connectivity index (χ2v) is 4.50. The lowest BCUT2D eigenvalue weighted by atomic mass is 9.93. The molecule has 0 bridgehead atoms. The molecule has 0 radical (unpaired) electrons. The van der Waals surface area contributed by atoms with Crippen molar-refractivity contribution in [1.82, 2.24) is 4.90 Å². The van der Waals surface area contributed by atoms with E-state index in [0.717, 1.165) is 19.0 Å². The highest BCUT2D eigenvalue weighted by Crippen LogP contribution is 2.37. The molecule has 0 amide bonds. The SMILES string of the molecule is CN1CCC(CN)C1c1cc(F)c(F)cc1F. The average Bonchev–Trinajstić information content (AvgIpc) is 2.65. The van der Waals surface area contributed by atoms with Crippen molar-refractivity contribution in [3.63, 3.8) is 0 Å². The summed E-state index contributed by atoms with van der Waals surface area (Å²) in [5, 5.41) is 0. The van der Waals surface area contributed by atoms with Crippen molar-refractivity contribution in [1.29, 1.82) is 0 Å². The minimum atomic E-state index is -1.16. The van der Waals surface area contributed by atoms with Crippen LogP contribution < -0.4 is 5.73 Å². The molecule has 2 N–H and O–H groups in total. The molecule has 1 heterocycles. The number of hydrogen-bond acceptors (Lipinski definition) is 2. The molecular weight excluding hydrogens is 229 g/mol. The number of rotatable bonds is 2. The number of benzene rings is 1. The monoisotopic (exact) mass is 244 g/mol. The minimum Gasteiger partial charge on any atom is -0.330 e. The first-order chi connectivity index (χ1) is 8.04. The van der Waals surface area contributed by atoms with E-state index in [-0.39, 0.29) is 17.5 Å². The van der Waals surface area contributed by atoms with Gasteiger partial charge in [0.25, 0.3) is 0 Å². The van der Waals surface area contributed by atoms with Crippen LogP contribution in [0.3, 0.4) is 0 Å². The smallest absolute Gasteiger partial charge is 0.161 e. The lowest BCUT2D eigenvalue weighted by Crippen LogP contribution is -2.26. The third-order valence-electron chi connectivity index (χ3n) is 3.43. The summed E-state index contributed by atoms with van der Waals surface area (Å²) in [5.41, 5.74) is 5.82. The summed E-state index contributed by atoms with van der Waals surface area (Å²) in [6, 6.07) is 1.28. The Labute approximate surface area is 98.2 Å². The van der Waals surface area contributed by atoms with E-state index >= 15 is 0 Å². The summed E-state index contributed by atoms with van der Waals surface area (Å²) >= 11 is 0. The molecule has 1 aliphatic rings. The standard InChI is InChI=1S/C12H15F3N2/c1-17-3-2-7(6-16)12(17)8-4-10(14)11(15)5-9(8)13/h4-5,7,12H,2-3,6,16H2,1H3. The van der Waals surface area contributed by atoms with E-state index in [9.17, 15) is 13.2 Å². The van der Waals surface area contributed by atoms with Crippen molar-refractivity contribution < 1.29 is 13.2 Å². The molecule has 1 aliphatic heterocycles. The van der Waals surface area contributed by atoms with Crippen LogP contribution in [0, 0.1) is 23.4 Å². The third-order valence-corrected chi connectivity index (χ3v) is 3.43. The Morgan fingerprint density at radius 3 is 2.53 bits per heavy atom. The van der Waals surface area contributed by atoms with Gasteiger partial charge in [-0.2, -0.15) is 0 Å². The Morgan fingerprint density at radius 1 is 1.24 bits per heavy atom. The van der Waals surface area contributed by atoms with Gasteiger partial charge in [-0.3, -0.25) is 4.90 Å². The highest BCUT2D eigenvalue weighted by molar-refractivity contribution is 5.25. The molecule has 2 atom stereocenters. The van der Waals surface area contributed by atoms with E-state index in [1.165, 1.54) is 0 Å². The van der Waals surface area contributed by atoms with Gasteiger partial charge in [-0.05, 0) is 38.5 Å². The fourth-order valence-electron chi connectivity index (χ4n) is 2.53. The first-order valence-corrected chi connectivity index (χ1v) is 5.59. The van der Waals surface area contributed by atoms with E-state index in [1.807, 2.05) is 11.9 Å². The number of likely N-dealkylation sites (tertiary alicyclic amines) is 1. The van der Waals surface area contributed by atoms with Crippen LogP contribution in [-0.4, -0.2) is 25.0 Å². The van der Waals surface area contributed by atoms with Crippen LogP contribution in [0.25, 0.3) is 0 Å². The summed E-state index contributed by atoms with van der Waals surface area (Å²) in [6.45, 7) is 1.19. The maximum absolute atomic E-state index is 13.7. The first-order valence-electron chi connectivity index (χ1n) is 5.59. The lowest BCUT2D eigenvalue weighted by molar-refractivity contribution is 0.270. The van der Waals surface area contributed by atoms with Crippen molar-refractivity contribution in [2.75, 3.05) is 20.1 Å². The van der Waals surface area contributed by atoms with Gasteiger partial charge in [0.05, 0.1) is 0 Å². The van der Waals surface area contributed by atoms with Crippen molar-refractivity contribution in [3.05, 3.63) is 35.1 Å². The first kappa shape index (κ1) is 12.4. The molecule has 0 aromatic heterocycles. The molecule has 0 aliphatic carbocycles. The molecule has 17 heavy (non-hydrogen) atoms. The van der Waals surface area contributed by atoms with Crippen molar-refractivity contribution in [2.24, 2.45) is 11.7 Å². The number of hydrogen-bond donors (Lipinski definition) is 1. The van der Waals surface area contributed by atoms with Crippen LogP contribution in [0.2, 0.25) is 0 Å². The molecular formula is C12H15F3N2. The van der Waals surface area contributed by atoms with Gasteiger partial charge in [0.15, 0.2) is 11.6 Å². The van der Waals surface area contributed by atoms with Crippen LogP contribution >= 0.6 is 0 Å². The molecule has 1 fully saturated rings. The van der Waals surface area contributed by atoms with Crippen LogP contribution in [-0.2, 0) is 0 Å². The van der Waals surface area contributed by atoms with Gasteiger partial charge >= 0.3 is 0 Å². The molecule has 1 saturated heterocycles. The van der Waals surface area contributed by atoms with E-state index in [1.54, 1.807) is 0 Å². The molecule has 2 rings (SSSR count). The van der Waals surface area contributed by atoms with E-state index in [4.69, 9.17) is 5.73 Å². The topological polar surface area (TPSA) is 29.3 Å². The van der Waals surface area contributed by atoms with E-state index in [2.05, 4.69) is 0 Å². The fourth-order valence-corrected chi connectivity index (χ4v) is 2.53. The van der Waals surface area contributed by atoms with Crippen molar-refractivity contribution >= 4 is 0 Å². The third kappa shape index (κ3) is 2.17. The minimum absolute atomic E-state index is 0.0827. The predicted molar refractivity (Wildman–Crippen MR) is 58.8 cm³/mol. The fraction of sp³-hybridized carbons (Fsp3) is 0.500. The van der Waals surface area contributed by atoms with E-state index in [0.29, 0.717) is 12.6 Å². The normalized spacial score (nSPS) is 25.5. The Morgan fingerprint density at radius 2 is 1.88 bits per heavy atom. The molecule has 2 unspecified atom stereocenters. The van der Waals surface area contributed by atoms with Crippen LogP contribution in [0.4, 0.5) is 13.2 Å². The Kier molecular flexibility index (Phi) is 3.40. The maximum Gasteiger partial charge on any atom is 0.161 e. The average molecular weight is 244 g/mol. The maximum atomic E-state index is 13.7. The van der Waals surface area contributed by atoms with Gasteiger partial charge < -0.3 is 5.73 Å². The zero-order valence-corrected chi connectivity index (χ0v) is 9.59. The number of nitrogens with two attached hydrogens (primary N) is 1. The number of nitrogens with zero attached hydrogens (tertiary/aromatic N) is 1. The molecule has 2 nitrogen and oxygen atoms in total. The summed E-state index contributed by atoms with van der Waals surface area (Å²) in [7, 11) is 1.83. The van der Waals surface area contributed by atoms with Crippen LogP contribution in [0.5, 0.6) is 0 Å². The summed E-state index contributed by atoms with van der Waals surface area (Å²) in [6.07, 6.45) is 0.843. The van der Waals surface area contributed by atoms with Gasteiger partial charge in [-0.15, -0.1) is 0 Å². The summed E-state index contributed by atoms with van der Waals surface area (Å²) < 4.78 is 39.7. The van der Waals surface area contributed by atoms with Crippen LogP contribution in [0.1, 0.15) is 18.0 Å². The largest absolute Gasteiger partial charge is 0.330 e. The van der Waals surface area contributed by atoms with Gasteiger partial charge in [-0.25, -0.2) is 13.2 Å². The second kappa shape index (κ2) is 4.66. The summed E-state index contributed by atoms with van der Waals surface area (Å²) in [5.74, 6) is -2.80. The second-order valence-electron chi connectivity index (χ2n) is 4.50. The zero-order chi connectivity index (χ0) is 12.6. The molecule has 5 heteroatoms. The molecule has 1 aromatic rings. The quantitative estimate of drug-likeness (QED) is 0.807. The molecule has 0 spiro atoms. The van der Waals surface area contributed by atoms with Crippen LogP contribution in [0.15, 0.2) is 12.1 Å². The molecule has 1 aromatic carbocycles. The Bertz CT molecular complexity index is 422. The van der Waals surface area contributed by atoms with Gasteiger partial charge in [-0.1, -0.05) is 0 Å². The predicted octanol–water partition coefficient (Wildman–Crippen LogP) is 2.06. The molecule has 0 saturated carbocycles. The number of halogens is 3. The highest BCUT2D eigenvalue weighted by Gasteiger charge is 2.34.